The molecule has 0 fully saturated rings. The fraction of sp³-hybridized carbons (Fsp3) is 0.162. The molecule has 1 unspecified atom stereocenters. The largest absolute Gasteiger partial charge is 0.489 e. The maximum absolute atomic E-state index is 13.7. The van der Waals surface area contributed by atoms with Crippen LogP contribution in [0.15, 0.2) is 125 Å². The van der Waals surface area contributed by atoms with Crippen molar-refractivity contribution in [2.45, 2.75) is 42.2 Å². The first-order valence-corrected chi connectivity index (χ1v) is 18.2. The van der Waals surface area contributed by atoms with Gasteiger partial charge < -0.3 is 15.4 Å². The zero-order valence-electron chi connectivity index (χ0n) is 26.9. The molecule has 4 aromatic carbocycles. The molecule has 0 aliphatic carbocycles. The molecule has 0 bridgehead atoms. The van der Waals surface area contributed by atoms with Gasteiger partial charge in [0.15, 0.2) is 0 Å². The van der Waals surface area contributed by atoms with Gasteiger partial charge in [0.1, 0.15) is 18.1 Å². The number of benzene rings is 4. The second-order valence-electron chi connectivity index (χ2n) is 10.5. The van der Waals surface area contributed by atoms with Crippen molar-refractivity contribution >= 4 is 69.7 Å². The van der Waals surface area contributed by atoms with E-state index in [1.54, 1.807) is 42.5 Å². The van der Waals surface area contributed by atoms with E-state index >= 15 is 0 Å². The number of aromatic nitrogens is 2. The van der Waals surface area contributed by atoms with E-state index in [1.165, 1.54) is 23.5 Å². The van der Waals surface area contributed by atoms with Gasteiger partial charge in [-0.25, -0.2) is 0 Å². The molecular formula is C37H35N5O4S3. The van der Waals surface area contributed by atoms with Gasteiger partial charge in [-0.15, -0.1) is 11.8 Å². The molecule has 3 amide bonds. The summed E-state index contributed by atoms with van der Waals surface area (Å²) >= 11 is 4.06. The van der Waals surface area contributed by atoms with Gasteiger partial charge in [0.2, 0.25) is 16.2 Å². The first-order valence-electron chi connectivity index (χ1n) is 15.6. The summed E-state index contributed by atoms with van der Waals surface area (Å²) in [6.45, 7) is 4.39. The van der Waals surface area contributed by atoms with E-state index in [9.17, 15) is 14.4 Å². The normalized spacial score (nSPS) is 11.8. The summed E-state index contributed by atoms with van der Waals surface area (Å²) in [5.74, 6) is 0.437. The highest BCUT2D eigenvalue weighted by molar-refractivity contribution is 8.00. The van der Waals surface area contributed by atoms with Gasteiger partial charge in [-0.05, 0) is 71.8 Å². The molecule has 0 aliphatic heterocycles. The number of nitrogens with zero attached hydrogens (tertiary/aromatic N) is 2. The van der Waals surface area contributed by atoms with E-state index in [2.05, 4.69) is 25.3 Å². The lowest BCUT2D eigenvalue weighted by Gasteiger charge is -2.15. The second kappa shape index (κ2) is 18.0. The zero-order valence-corrected chi connectivity index (χ0v) is 29.4. The topological polar surface area (TPSA) is 122 Å². The SMILES string of the molecule is CCSc1nsc(NC(=O)C(CC)Sc2cccc(NC(=O)/C(=C/c3ccc(OCc4ccccc4)cc3)NC(=O)c3ccccc3)c2)n1. The Morgan fingerprint density at radius 1 is 0.878 bits per heavy atom. The molecule has 12 heteroatoms. The molecule has 1 heterocycles. The summed E-state index contributed by atoms with van der Waals surface area (Å²) in [6.07, 6.45) is 2.20. The first-order chi connectivity index (χ1) is 23.9. The fourth-order valence-corrected chi connectivity index (χ4v) is 6.76. The minimum absolute atomic E-state index is 0.0633. The minimum Gasteiger partial charge on any atom is -0.489 e. The molecule has 5 rings (SSSR count). The number of nitrogens with one attached hydrogen (secondary N) is 3. The summed E-state index contributed by atoms with van der Waals surface area (Å²) in [5.41, 5.74) is 2.75. The number of anilines is 2. The Morgan fingerprint density at radius 2 is 1.61 bits per heavy atom. The van der Waals surface area contributed by atoms with Gasteiger partial charge in [0, 0.05) is 27.7 Å². The van der Waals surface area contributed by atoms with Crippen molar-refractivity contribution in [3.8, 4) is 5.75 Å². The molecule has 5 aromatic rings. The Morgan fingerprint density at radius 3 is 2.33 bits per heavy atom. The van der Waals surface area contributed by atoms with Crippen LogP contribution in [0, 0.1) is 0 Å². The van der Waals surface area contributed by atoms with Crippen LogP contribution in [0.25, 0.3) is 6.08 Å². The molecule has 49 heavy (non-hydrogen) atoms. The lowest BCUT2D eigenvalue weighted by Crippen LogP contribution is -2.30. The van der Waals surface area contributed by atoms with Crippen molar-refractivity contribution in [3.63, 3.8) is 0 Å². The van der Waals surface area contributed by atoms with Crippen molar-refractivity contribution in [1.29, 1.82) is 0 Å². The van der Waals surface area contributed by atoms with E-state index in [0.717, 1.165) is 27.7 Å². The molecule has 0 saturated heterocycles. The van der Waals surface area contributed by atoms with E-state index in [1.807, 2.05) is 86.6 Å². The lowest BCUT2D eigenvalue weighted by atomic mass is 10.1. The quantitative estimate of drug-likeness (QED) is 0.0736. The van der Waals surface area contributed by atoms with E-state index in [4.69, 9.17) is 4.74 Å². The van der Waals surface area contributed by atoms with Gasteiger partial charge >= 0.3 is 0 Å². The van der Waals surface area contributed by atoms with Crippen molar-refractivity contribution in [2.75, 3.05) is 16.4 Å². The highest BCUT2D eigenvalue weighted by Gasteiger charge is 2.21. The number of amides is 3. The van der Waals surface area contributed by atoms with Crippen LogP contribution < -0.4 is 20.7 Å². The predicted octanol–water partition coefficient (Wildman–Crippen LogP) is 8.15. The zero-order chi connectivity index (χ0) is 34.4. The predicted molar refractivity (Wildman–Crippen MR) is 199 cm³/mol. The Hall–Kier alpha value is -4.91. The van der Waals surface area contributed by atoms with Gasteiger partial charge in [-0.2, -0.15) is 9.36 Å². The maximum Gasteiger partial charge on any atom is 0.272 e. The number of rotatable bonds is 15. The van der Waals surface area contributed by atoms with Gasteiger partial charge in [-0.1, -0.05) is 92.3 Å². The number of ether oxygens (including phenoxy) is 1. The van der Waals surface area contributed by atoms with Gasteiger partial charge in [0.05, 0.1) is 5.25 Å². The van der Waals surface area contributed by atoms with Crippen LogP contribution in [-0.4, -0.2) is 38.1 Å². The smallest absolute Gasteiger partial charge is 0.272 e. The van der Waals surface area contributed by atoms with Crippen molar-refractivity contribution in [3.05, 3.63) is 132 Å². The van der Waals surface area contributed by atoms with Crippen LogP contribution in [0.5, 0.6) is 5.75 Å². The summed E-state index contributed by atoms with van der Waals surface area (Å²) in [5, 5.41) is 9.27. The Kier molecular flexibility index (Phi) is 13.0. The van der Waals surface area contributed by atoms with Crippen molar-refractivity contribution in [1.82, 2.24) is 14.7 Å². The molecule has 0 spiro atoms. The van der Waals surface area contributed by atoms with Gasteiger partial charge in [0.25, 0.3) is 11.8 Å². The van der Waals surface area contributed by atoms with E-state index in [0.29, 0.717) is 45.9 Å². The fourth-order valence-electron chi connectivity index (χ4n) is 4.48. The molecule has 250 valence electrons. The molecule has 0 aliphatic rings. The highest BCUT2D eigenvalue weighted by Crippen LogP contribution is 2.29. The third-order valence-electron chi connectivity index (χ3n) is 6.91. The minimum atomic E-state index is -0.502. The van der Waals surface area contributed by atoms with Crippen molar-refractivity contribution in [2.24, 2.45) is 0 Å². The lowest BCUT2D eigenvalue weighted by molar-refractivity contribution is -0.116. The maximum atomic E-state index is 13.7. The number of hydrogen-bond acceptors (Lipinski definition) is 9. The van der Waals surface area contributed by atoms with Crippen LogP contribution >= 0.6 is 35.1 Å². The average molecular weight is 710 g/mol. The summed E-state index contributed by atoms with van der Waals surface area (Å²) < 4.78 is 10.2. The number of carbonyl (C=O) groups excluding carboxylic acids is 3. The van der Waals surface area contributed by atoms with Gasteiger partial charge in [-0.3, -0.25) is 19.7 Å². The summed E-state index contributed by atoms with van der Waals surface area (Å²) in [7, 11) is 0. The summed E-state index contributed by atoms with van der Waals surface area (Å²) in [4.78, 5) is 45.0. The standard InChI is InChI=1S/C37H35N5O4S3/c1-3-32(35(45)40-36-41-37(42-49-36)47-4-2)48-30-17-11-16-28(23-30)38-34(44)31(39-33(43)27-14-9-6-10-15-27)22-25-18-20-29(21-19-25)46-24-26-12-7-5-8-13-26/h5-23,32H,3-4,24H2,1-2H3,(H,38,44)(H,39,43)(H,40,41,42,45)/b31-22-. The molecule has 0 radical (unpaired) electrons. The molecule has 3 N–H and O–H groups in total. The third-order valence-corrected chi connectivity index (χ3v) is 9.75. The number of hydrogen-bond donors (Lipinski definition) is 3. The van der Waals surface area contributed by atoms with E-state index < -0.39 is 17.1 Å². The molecule has 1 atom stereocenters. The monoisotopic (exact) mass is 709 g/mol. The number of carbonyl (C=O) groups is 3. The Balaban J connectivity index is 1.28. The van der Waals surface area contributed by atoms with Crippen LogP contribution in [0.4, 0.5) is 10.8 Å². The van der Waals surface area contributed by atoms with E-state index in [-0.39, 0.29) is 11.6 Å². The van der Waals surface area contributed by atoms with Crippen LogP contribution in [0.2, 0.25) is 0 Å². The third kappa shape index (κ3) is 10.8. The van der Waals surface area contributed by atoms with Crippen LogP contribution in [-0.2, 0) is 16.2 Å². The van der Waals surface area contributed by atoms with Crippen molar-refractivity contribution < 1.29 is 19.1 Å². The summed E-state index contributed by atoms with van der Waals surface area (Å²) in [6, 6.07) is 33.1. The first kappa shape index (κ1) is 35.4. The molecule has 0 saturated carbocycles. The molecule has 1 aromatic heterocycles. The molecule has 9 nitrogen and oxygen atoms in total. The van der Waals surface area contributed by atoms with Crippen LogP contribution in [0.1, 0.15) is 41.8 Å². The Labute approximate surface area is 298 Å². The second-order valence-corrected chi connectivity index (χ2v) is 13.8. The average Bonchev–Trinajstić information content (AvgIpc) is 3.57. The highest BCUT2D eigenvalue weighted by atomic mass is 32.2. The Bertz CT molecular complexity index is 1880. The number of thioether (sulfide) groups is 2. The van der Waals surface area contributed by atoms with Crippen LogP contribution in [0.3, 0.4) is 0 Å². The molecular weight excluding hydrogens is 675 g/mol.